The van der Waals surface area contributed by atoms with E-state index in [0.29, 0.717) is 17.9 Å². The molecule has 3 aliphatic rings. The molecule has 1 aromatic carbocycles. The maximum Gasteiger partial charge on any atom is 0.225 e. The number of amides is 1. The van der Waals surface area contributed by atoms with Crippen molar-refractivity contribution >= 4 is 11.6 Å². The third-order valence-corrected chi connectivity index (χ3v) is 6.05. The van der Waals surface area contributed by atoms with E-state index in [9.17, 15) is 4.79 Å². The van der Waals surface area contributed by atoms with Crippen molar-refractivity contribution in [2.24, 2.45) is 5.92 Å². The van der Waals surface area contributed by atoms with Gasteiger partial charge in [0.05, 0.1) is 0 Å². The van der Waals surface area contributed by atoms with Crippen LogP contribution in [0.2, 0.25) is 0 Å². The number of carbonyl (C=O) groups excluding carboxylic acids is 1. The third kappa shape index (κ3) is 2.74. The van der Waals surface area contributed by atoms with Crippen LogP contribution in [0.25, 0.3) is 0 Å². The summed E-state index contributed by atoms with van der Waals surface area (Å²) in [5.74, 6) is 0.728. The molecule has 0 spiro atoms. The molecule has 23 heavy (non-hydrogen) atoms. The number of nitrogens with two attached hydrogens (primary N) is 1. The van der Waals surface area contributed by atoms with Gasteiger partial charge >= 0.3 is 0 Å². The Morgan fingerprint density at radius 1 is 1.04 bits per heavy atom. The first kappa shape index (κ1) is 15.0. The number of fused-ring (bicyclic) bond motifs is 1. The molecule has 4 rings (SSSR count). The first-order valence-electron chi connectivity index (χ1n) is 9.14. The predicted molar refractivity (Wildman–Crippen MR) is 92.0 cm³/mol. The van der Waals surface area contributed by atoms with Gasteiger partial charge in [0, 0.05) is 43.8 Å². The fourth-order valence-electron chi connectivity index (χ4n) is 4.72. The van der Waals surface area contributed by atoms with E-state index in [0.717, 1.165) is 51.1 Å². The second kappa shape index (κ2) is 6.16. The Balaban J connectivity index is 1.39. The summed E-state index contributed by atoms with van der Waals surface area (Å²) < 4.78 is 0. The average molecular weight is 313 g/mol. The fraction of sp³-hybridized carbons (Fsp3) is 0.632. The Kier molecular flexibility index (Phi) is 4.02. The van der Waals surface area contributed by atoms with E-state index in [4.69, 9.17) is 5.73 Å². The van der Waals surface area contributed by atoms with Gasteiger partial charge in [-0.15, -0.1) is 0 Å². The summed E-state index contributed by atoms with van der Waals surface area (Å²) in [6.07, 6.45) is 6.93. The number of piperazine rings is 1. The van der Waals surface area contributed by atoms with Crippen LogP contribution in [0.15, 0.2) is 18.2 Å². The predicted octanol–water partition coefficient (Wildman–Crippen LogP) is 2.59. The number of anilines is 1. The summed E-state index contributed by atoms with van der Waals surface area (Å²) in [5.41, 5.74) is 9.83. The van der Waals surface area contributed by atoms with Crippen molar-refractivity contribution in [3.05, 3.63) is 29.3 Å². The molecule has 2 N–H and O–H groups in total. The maximum absolute atomic E-state index is 12.6. The van der Waals surface area contributed by atoms with Crippen molar-refractivity contribution in [3.8, 4) is 0 Å². The highest BCUT2D eigenvalue weighted by Gasteiger charge is 2.34. The van der Waals surface area contributed by atoms with Gasteiger partial charge in [-0.1, -0.05) is 25.0 Å². The van der Waals surface area contributed by atoms with Crippen molar-refractivity contribution < 1.29 is 4.79 Å². The molecule has 1 unspecified atom stereocenters. The SMILES string of the molecule is Nc1cccc2c1CCC2N1CCN(C(=O)C2CCCC2)CC1. The van der Waals surface area contributed by atoms with Crippen molar-refractivity contribution in [1.82, 2.24) is 9.80 Å². The number of benzene rings is 1. The maximum atomic E-state index is 12.6. The number of hydrogen-bond acceptors (Lipinski definition) is 3. The largest absolute Gasteiger partial charge is 0.398 e. The number of carbonyl (C=O) groups is 1. The highest BCUT2D eigenvalue weighted by atomic mass is 16.2. The molecule has 1 aromatic rings. The molecule has 1 saturated heterocycles. The van der Waals surface area contributed by atoms with Gasteiger partial charge in [-0.25, -0.2) is 0 Å². The summed E-state index contributed by atoms with van der Waals surface area (Å²) in [5, 5.41) is 0. The zero-order valence-electron chi connectivity index (χ0n) is 13.8. The van der Waals surface area contributed by atoms with Gasteiger partial charge in [-0.3, -0.25) is 9.69 Å². The minimum atomic E-state index is 0.313. The summed E-state index contributed by atoms with van der Waals surface area (Å²) >= 11 is 0. The standard InChI is InChI=1S/C19H27N3O/c20-17-7-3-6-16-15(17)8-9-18(16)21-10-12-22(13-11-21)19(23)14-4-1-2-5-14/h3,6-7,14,18H,1-2,4-5,8-13,20H2. The molecule has 0 aromatic heterocycles. The molecule has 2 fully saturated rings. The zero-order chi connectivity index (χ0) is 15.8. The van der Waals surface area contributed by atoms with E-state index in [1.54, 1.807) is 0 Å². The van der Waals surface area contributed by atoms with Crippen LogP contribution in [0, 0.1) is 5.92 Å². The first-order chi connectivity index (χ1) is 11.2. The smallest absolute Gasteiger partial charge is 0.225 e. The molecule has 0 bridgehead atoms. The normalized spacial score (nSPS) is 25.7. The summed E-state index contributed by atoms with van der Waals surface area (Å²) in [4.78, 5) is 17.2. The Labute approximate surface area is 138 Å². The van der Waals surface area contributed by atoms with Crippen LogP contribution in [0.1, 0.15) is 49.3 Å². The van der Waals surface area contributed by atoms with E-state index >= 15 is 0 Å². The van der Waals surface area contributed by atoms with Gasteiger partial charge in [0.15, 0.2) is 0 Å². The topological polar surface area (TPSA) is 49.6 Å². The fourth-order valence-corrected chi connectivity index (χ4v) is 4.72. The van der Waals surface area contributed by atoms with Crippen molar-refractivity contribution in [2.45, 2.75) is 44.6 Å². The van der Waals surface area contributed by atoms with Crippen LogP contribution < -0.4 is 5.73 Å². The van der Waals surface area contributed by atoms with Crippen LogP contribution in [0.5, 0.6) is 0 Å². The van der Waals surface area contributed by atoms with Crippen molar-refractivity contribution in [2.75, 3.05) is 31.9 Å². The zero-order valence-corrected chi connectivity index (χ0v) is 13.8. The van der Waals surface area contributed by atoms with Crippen LogP contribution in [0.4, 0.5) is 5.69 Å². The van der Waals surface area contributed by atoms with E-state index < -0.39 is 0 Å². The molecule has 0 radical (unpaired) electrons. The van der Waals surface area contributed by atoms with Crippen LogP contribution in [-0.4, -0.2) is 41.9 Å². The number of nitrogen functional groups attached to an aromatic ring is 1. The number of rotatable bonds is 2. The third-order valence-electron chi connectivity index (χ3n) is 6.05. The molecular weight excluding hydrogens is 286 g/mol. The monoisotopic (exact) mass is 313 g/mol. The lowest BCUT2D eigenvalue weighted by atomic mass is 10.0. The van der Waals surface area contributed by atoms with E-state index in [1.807, 2.05) is 6.07 Å². The van der Waals surface area contributed by atoms with E-state index in [2.05, 4.69) is 21.9 Å². The second-order valence-corrected chi connectivity index (χ2v) is 7.31. The van der Waals surface area contributed by atoms with Gasteiger partial charge in [0.25, 0.3) is 0 Å². The molecule has 1 atom stereocenters. The average Bonchev–Trinajstić information content (AvgIpc) is 3.25. The molecular formula is C19H27N3O. The Bertz CT molecular complexity index is 586. The van der Waals surface area contributed by atoms with Crippen LogP contribution in [-0.2, 0) is 11.2 Å². The molecule has 1 amide bonds. The molecule has 124 valence electrons. The second-order valence-electron chi connectivity index (χ2n) is 7.31. The van der Waals surface area contributed by atoms with Crippen LogP contribution >= 0.6 is 0 Å². The molecule has 2 aliphatic carbocycles. The molecule has 1 aliphatic heterocycles. The van der Waals surface area contributed by atoms with Gasteiger partial charge in [-0.05, 0) is 42.9 Å². The number of nitrogens with zero attached hydrogens (tertiary/aromatic N) is 2. The molecule has 4 heteroatoms. The minimum absolute atomic E-state index is 0.313. The van der Waals surface area contributed by atoms with Gasteiger partial charge in [-0.2, -0.15) is 0 Å². The molecule has 4 nitrogen and oxygen atoms in total. The summed E-state index contributed by atoms with van der Waals surface area (Å²) in [6, 6.07) is 6.82. The Hall–Kier alpha value is -1.55. The Morgan fingerprint density at radius 2 is 1.78 bits per heavy atom. The lowest BCUT2D eigenvalue weighted by Gasteiger charge is -2.39. The highest BCUT2D eigenvalue weighted by molar-refractivity contribution is 5.79. The minimum Gasteiger partial charge on any atom is -0.398 e. The van der Waals surface area contributed by atoms with Crippen molar-refractivity contribution in [1.29, 1.82) is 0 Å². The van der Waals surface area contributed by atoms with Crippen LogP contribution in [0.3, 0.4) is 0 Å². The summed E-state index contributed by atoms with van der Waals surface area (Å²) in [7, 11) is 0. The van der Waals surface area contributed by atoms with Crippen molar-refractivity contribution in [3.63, 3.8) is 0 Å². The molecule has 1 saturated carbocycles. The van der Waals surface area contributed by atoms with Gasteiger partial charge < -0.3 is 10.6 Å². The summed E-state index contributed by atoms with van der Waals surface area (Å²) in [6.45, 7) is 3.78. The highest BCUT2D eigenvalue weighted by Crippen LogP contribution is 2.38. The lowest BCUT2D eigenvalue weighted by molar-refractivity contribution is -0.137. The van der Waals surface area contributed by atoms with E-state index in [1.165, 1.54) is 30.4 Å². The quantitative estimate of drug-likeness (QED) is 0.854. The Morgan fingerprint density at radius 3 is 2.52 bits per heavy atom. The molecule has 1 heterocycles. The van der Waals surface area contributed by atoms with E-state index in [-0.39, 0.29) is 0 Å². The number of hydrogen-bond donors (Lipinski definition) is 1. The van der Waals surface area contributed by atoms with Gasteiger partial charge in [0.1, 0.15) is 0 Å². The van der Waals surface area contributed by atoms with Gasteiger partial charge in [0.2, 0.25) is 5.91 Å². The first-order valence-corrected chi connectivity index (χ1v) is 9.14. The lowest BCUT2D eigenvalue weighted by Crippen LogP contribution is -2.50.